The lowest BCUT2D eigenvalue weighted by Gasteiger charge is -2.22. The third-order valence-corrected chi connectivity index (χ3v) is 3.68. The summed E-state index contributed by atoms with van der Waals surface area (Å²) < 4.78 is 0. The highest BCUT2D eigenvalue weighted by molar-refractivity contribution is 7.80. The molecule has 3 nitrogen and oxygen atoms in total. The molecule has 4 heteroatoms. The molecule has 0 saturated carbocycles. The molecule has 1 aliphatic heterocycles. The predicted octanol–water partition coefficient (Wildman–Crippen LogP) is 1.95. The molecule has 0 aromatic carbocycles. The van der Waals surface area contributed by atoms with E-state index in [1.165, 1.54) is 0 Å². The predicted molar refractivity (Wildman–Crippen MR) is 70.2 cm³/mol. The zero-order valence-electron chi connectivity index (χ0n) is 10.2. The maximum atomic E-state index is 12.2. The van der Waals surface area contributed by atoms with Crippen molar-refractivity contribution in [2.75, 3.05) is 13.1 Å². The van der Waals surface area contributed by atoms with E-state index in [1.54, 1.807) is 0 Å². The van der Waals surface area contributed by atoms with Crippen molar-refractivity contribution in [3.8, 4) is 0 Å². The van der Waals surface area contributed by atoms with Gasteiger partial charge in [0.25, 0.3) is 0 Å². The summed E-state index contributed by atoms with van der Waals surface area (Å²) in [5.74, 6) is 0.568. The van der Waals surface area contributed by atoms with Crippen LogP contribution in [0.5, 0.6) is 0 Å². The first-order valence-electron chi connectivity index (χ1n) is 6.18. The number of thiocarbonyl (C=S) groups is 1. The molecule has 16 heavy (non-hydrogen) atoms. The molecule has 92 valence electrons. The lowest BCUT2D eigenvalue weighted by Crippen LogP contribution is -2.40. The Balaban J connectivity index is 2.58. The van der Waals surface area contributed by atoms with Crippen LogP contribution in [-0.2, 0) is 4.79 Å². The number of hydrogen-bond acceptors (Lipinski definition) is 2. The van der Waals surface area contributed by atoms with Crippen LogP contribution in [0.15, 0.2) is 0 Å². The minimum absolute atomic E-state index is 0.144. The second-order valence-electron chi connectivity index (χ2n) is 4.59. The number of nitrogens with two attached hydrogens (primary N) is 1. The third-order valence-electron chi connectivity index (χ3n) is 3.39. The van der Waals surface area contributed by atoms with Gasteiger partial charge in [0.15, 0.2) is 0 Å². The summed E-state index contributed by atoms with van der Waals surface area (Å²) in [6.07, 6.45) is 3.99. The van der Waals surface area contributed by atoms with Crippen LogP contribution in [0.3, 0.4) is 0 Å². The van der Waals surface area contributed by atoms with Gasteiger partial charge in [-0.3, -0.25) is 4.79 Å². The molecule has 2 unspecified atom stereocenters. The number of carbonyl (C=O) groups is 1. The van der Waals surface area contributed by atoms with Crippen LogP contribution in [0.1, 0.15) is 39.5 Å². The van der Waals surface area contributed by atoms with Gasteiger partial charge in [-0.05, 0) is 18.8 Å². The Hall–Kier alpha value is -0.640. The smallest absolute Gasteiger partial charge is 0.232 e. The first kappa shape index (κ1) is 13.4. The van der Waals surface area contributed by atoms with Crippen LogP contribution in [0.2, 0.25) is 0 Å². The van der Waals surface area contributed by atoms with Crippen LogP contribution in [0, 0.1) is 11.8 Å². The van der Waals surface area contributed by atoms with Gasteiger partial charge in [-0.25, -0.2) is 0 Å². The summed E-state index contributed by atoms with van der Waals surface area (Å²) in [7, 11) is 0. The molecular weight excluding hydrogens is 220 g/mol. The highest BCUT2D eigenvalue weighted by Gasteiger charge is 2.30. The van der Waals surface area contributed by atoms with Crippen molar-refractivity contribution < 1.29 is 4.79 Å². The molecule has 1 saturated heterocycles. The zero-order valence-corrected chi connectivity index (χ0v) is 11.1. The van der Waals surface area contributed by atoms with Gasteiger partial charge in [-0.2, -0.15) is 0 Å². The third kappa shape index (κ3) is 3.17. The highest BCUT2D eigenvalue weighted by Crippen LogP contribution is 2.22. The SMILES string of the molecule is CCCC(C(=O)N1CCC(CC)C1)C(N)=S. The number of amides is 1. The fraction of sp³-hybridized carbons (Fsp3) is 0.833. The van der Waals surface area contributed by atoms with Gasteiger partial charge < -0.3 is 10.6 Å². The second-order valence-corrected chi connectivity index (χ2v) is 5.06. The van der Waals surface area contributed by atoms with E-state index in [9.17, 15) is 4.79 Å². The first-order chi connectivity index (χ1) is 7.60. The standard InChI is InChI=1S/C12H22N2OS/c1-3-5-10(11(13)16)12(15)14-7-6-9(4-2)8-14/h9-10H,3-8H2,1-2H3,(H2,13,16). The number of nitrogens with zero attached hydrogens (tertiary/aromatic N) is 1. The Labute approximate surface area is 103 Å². The van der Waals surface area contributed by atoms with E-state index in [-0.39, 0.29) is 11.8 Å². The molecule has 2 N–H and O–H groups in total. The van der Waals surface area contributed by atoms with Crippen molar-refractivity contribution in [2.45, 2.75) is 39.5 Å². The highest BCUT2D eigenvalue weighted by atomic mass is 32.1. The van der Waals surface area contributed by atoms with Crippen molar-refractivity contribution in [1.82, 2.24) is 4.90 Å². The largest absolute Gasteiger partial charge is 0.393 e. The molecule has 0 radical (unpaired) electrons. The minimum atomic E-state index is -0.240. The van der Waals surface area contributed by atoms with Crippen molar-refractivity contribution >= 4 is 23.1 Å². The summed E-state index contributed by atoms with van der Waals surface area (Å²) in [5.41, 5.74) is 5.64. The lowest BCUT2D eigenvalue weighted by atomic mass is 10.0. The van der Waals surface area contributed by atoms with E-state index in [0.717, 1.165) is 38.8 Å². The number of likely N-dealkylation sites (tertiary alicyclic amines) is 1. The fourth-order valence-electron chi connectivity index (χ4n) is 2.26. The van der Waals surface area contributed by atoms with Gasteiger partial charge in [0.1, 0.15) is 0 Å². The Bertz CT molecular complexity index is 268. The van der Waals surface area contributed by atoms with E-state index in [2.05, 4.69) is 13.8 Å². The van der Waals surface area contributed by atoms with E-state index in [4.69, 9.17) is 18.0 Å². The van der Waals surface area contributed by atoms with E-state index in [1.807, 2.05) is 4.90 Å². The summed E-state index contributed by atoms with van der Waals surface area (Å²) in [6, 6.07) is 0. The van der Waals surface area contributed by atoms with Crippen LogP contribution in [0.25, 0.3) is 0 Å². The Morgan fingerprint density at radius 2 is 2.25 bits per heavy atom. The van der Waals surface area contributed by atoms with E-state index in [0.29, 0.717) is 10.9 Å². The molecule has 1 amide bonds. The van der Waals surface area contributed by atoms with Gasteiger partial charge in [-0.15, -0.1) is 0 Å². The molecule has 2 atom stereocenters. The zero-order chi connectivity index (χ0) is 12.1. The van der Waals surface area contributed by atoms with Gasteiger partial charge in [0.05, 0.1) is 10.9 Å². The van der Waals surface area contributed by atoms with Crippen molar-refractivity contribution in [2.24, 2.45) is 17.6 Å². The number of hydrogen-bond donors (Lipinski definition) is 1. The average Bonchev–Trinajstić information content (AvgIpc) is 2.73. The first-order valence-corrected chi connectivity index (χ1v) is 6.59. The molecule has 1 heterocycles. The topological polar surface area (TPSA) is 46.3 Å². The van der Waals surface area contributed by atoms with Crippen LogP contribution in [-0.4, -0.2) is 28.9 Å². The van der Waals surface area contributed by atoms with Crippen molar-refractivity contribution in [3.05, 3.63) is 0 Å². The number of carbonyl (C=O) groups excluding carboxylic acids is 1. The quantitative estimate of drug-likeness (QED) is 0.750. The van der Waals surface area contributed by atoms with Crippen molar-refractivity contribution in [1.29, 1.82) is 0 Å². The molecule has 0 aliphatic carbocycles. The van der Waals surface area contributed by atoms with Crippen LogP contribution in [0.4, 0.5) is 0 Å². The summed E-state index contributed by atoms with van der Waals surface area (Å²) in [5, 5.41) is 0. The molecule has 0 aromatic rings. The fourth-order valence-corrected chi connectivity index (χ4v) is 2.48. The lowest BCUT2D eigenvalue weighted by molar-refractivity contribution is -0.132. The molecule has 1 aliphatic rings. The Morgan fingerprint density at radius 3 is 2.69 bits per heavy atom. The van der Waals surface area contributed by atoms with Gasteiger partial charge in [0.2, 0.25) is 5.91 Å². The van der Waals surface area contributed by atoms with Gasteiger partial charge in [0, 0.05) is 13.1 Å². The molecule has 0 spiro atoms. The Morgan fingerprint density at radius 1 is 1.56 bits per heavy atom. The maximum absolute atomic E-state index is 12.2. The molecule has 1 fully saturated rings. The average molecular weight is 242 g/mol. The van der Waals surface area contributed by atoms with Gasteiger partial charge in [-0.1, -0.05) is 38.9 Å². The van der Waals surface area contributed by atoms with E-state index < -0.39 is 0 Å². The van der Waals surface area contributed by atoms with E-state index >= 15 is 0 Å². The minimum Gasteiger partial charge on any atom is -0.393 e. The molecule has 1 rings (SSSR count). The molecule has 0 bridgehead atoms. The van der Waals surface area contributed by atoms with Crippen LogP contribution >= 0.6 is 12.2 Å². The van der Waals surface area contributed by atoms with Crippen molar-refractivity contribution in [3.63, 3.8) is 0 Å². The second kappa shape index (κ2) is 6.18. The monoisotopic (exact) mass is 242 g/mol. The van der Waals surface area contributed by atoms with Gasteiger partial charge >= 0.3 is 0 Å². The Kier molecular flexibility index (Phi) is 5.19. The summed E-state index contributed by atoms with van der Waals surface area (Å²) in [6.45, 7) is 5.99. The molecular formula is C12H22N2OS. The van der Waals surface area contributed by atoms with Crippen LogP contribution < -0.4 is 5.73 Å². The molecule has 0 aromatic heterocycles. The summed E-state index contributed by atoms with van der Waals surface area (Å²) >= 11 is 4.98. The normalized spacial score (nSPS) is 22.1. The maximum Gasteiger partial charge on any atom is 0.232 e. The number of rotatable bonds is 5. The summed E-state index contributed by atoms with van der Waals surface area (Å²) in [4.78, 5) is 14.5.